The van der Waals surface area contributed by atoms with E-state index in [4.69, 9.17) is 0 Å². The molecule has 1 heterocycles. The lowest BCUT2D eigenvalue weighted by Gasteiger charge is -2.12. The zero-order valence-corrected chi connectivity index (χ0v) is 10.1. The number of amides is 2. The van der Waals surface area contributed by atoms with E-state index >= 15 is 0 Å². The van der Waals surface area contributed by atoms with E-state index in [1.807, 2.05) is 32.0 Å². The summed E-state index contributed by atoms with van der Waals surface area (Å²) < 4.78 is 1.27. The lowest BCUT2D eigenvalue weighted by Crippen LogP contribution is -2.20. The average molecular weight is 235 g/mol. The second-order valence-electron chi connectivity index (χ2n) is 3.92. The molecule has 0 unspecified atom stereocenters. The first-order chi connectivity index (χ1) is 7.58. The van der Waals surface area contributed by atoms with Gasteiger partial charge >= 0.3 is 0 Å². The van der Waals surface area contributed by atoms with Crippen molar-refractivity contribution in [1.82, 2.24) is 4.31 Å². The quantitative estimate of drug-likeness (QED) is 0.583. The van der Waals surface area contributed by atoms with Crippen molar-refractivity contribution in [2.24, 2.45) is 0 Å². The van der Waals surface area contributed by atoms with Gasteiger partial charge in [-0.1, -0.05) is 6.07 Å². The number of carbonyl (C=O) groups is 2. The minimum Gasteiger partial charge on any atom is -0.273 e. The van der Waals surface area contributed by atoms with Gasteiger partial charge in [-0.05, 0) is 49.1 Å². The first kappa shape index (κ1) is 11.2. The van der Waals surface area contributed by atoms with Crippen molar-refractivity contribution < 1.29 is 9.59 Å². The number of aryl methyl sites for hydroxylation is 2. The molecule has 1 aromatic rings. The summed E-state index contributed by atoms with van der Waals surface area (Å²) in [4.78, 5) is 23.8. The van der Waals surface area contributed by atoms with Gasteiger partial charge in [0.15, 0.2) is 0 Å². The highest BCUT2D eigenvalue weighted by atomic mass is 32.2. The molecule has 84 valence electrons. The Labute approximate surface area is 99.0 Å². The monoisotopic (exact) mass is 235 g/mol. The maximum Gasteiger partial charge on any atom is 0.240 e. The fraction of sp³-hybridized carbons (Fsp3) is 0.333. The molecule has 0 bridgehead atoms. The van der Waals surface area contributed by atoms with Gasteiger partial charge in [0.2, 0.25) is 11.8 Å². The lowest BCUT2D eigenvalue weighted by atomic mass is 10.1. The number of nitrogens with zero attached hydrogens (tertiary/aromatic N) is 1. The zero-order chi connectivity index (χ0) is 11.7. The van der Waals surface area contributed by atoms with Crippen LogP contribution < -0.4 is 0 Å². The van der Waals surface area contributed by atoms with Crippen molar-refractivity contribution in [3.05, 3.63) is 29.3 Å². The standard InChI is InChI=1S/C12H13NO2S/c1-8-3-4-10(7-9(8)2)16-13-11(14)5-6-12(13)15/h3-4,7H,5-6H2,1-2H3. The van der Waals surface area contributed by atoms with Crippen LogP contribution in [-0.2, 0) is 9.59 Å². The van der Waals surface area contributed by atoms with E-state index in [0.29, 0.717) is 12.8 Å². The molecule has 0 saturated carbocycles. The molecular weight excluding hydrogens is 222 g/mol. The zero-order valence-electron chi connectivity index (χ0n) is 9.32. The molecule has 2 rings (SSSR count). The molecule has 1 aliphatic heterocycles. The van der Waals surface area contributed by atoms with Crippen LogP contribution in [0.1, 0.15) is 24.0 Å². The SMILES string of the molecule is Cc1ccc(SN2C(=O)CCC2=O)cc1C. The van der Waals surface area contributed by atoms with Gasteiger partial charge in [0.25, 0.3) is 0 Å². The Bertz CT molecular complexity index is 440. The fourth-order valence-electron chi connectivity index (χ4n) is 1.53. The first-order valence-electron chi connectivity index (χ1n) is 5.19. The third kappa shape index (κ3) is 2.11. The van der Waals surface area contributed by atoms with Crippen molar-refractivity contribution in [1.29, 1.82) is 0 Å². The van der Waals surface area contributed by atoms with Crippen LogP contribution in [-0.4, -0.2) is 16.1 Å². The Hall–Kier alpha value is -1.29. The Morgan fingerprint density at radius 1 is 1.06 bits per heavy atom. The lowest BCUT2D eigenvalue weighted by molar-refractivity contribution is -0.131. The number of carbonyl (C=O) groups excluding carboxylic acids is 2. The predicted octanol–water partition coefficient (Wildman–Crippen LogP) is 2.46. The van der Waals surface area contributed by atoms with Crippen LogP contribution in [0.15, 0.2) is 23.1 Å². The van der Waals surface area contributed by atoms with Crippen molar-refractivity contribution in [2.75, 3.05) is 0 Å². The van der Waals surface area contributed by atoms with Crippen molar-refractivity contribution >= 4 is 23.8 Å². The smallest absolute Gasteiger partial charge is 0.240 e. The Kier molecular flexibility index (Phi) is 3.01. The van der Waals surface area contributed by atoms with Crippen LogP contribution >= 0.6 is 11.9 Å². The molecule has 2 amide bonds. The molecule has 1 aromatic carbocycles. The Balaban J connectivity index is 2.17. The van der Waals surface area contributed by atoms with Gasteiger partial charge < -0.3 is 0 Å². The van der Waals surface area contributed by atoms with Crippen LogP contribution in [0.4, 0.5) is 0 Å². The van der Waals surface area contributed by atoms with Crippen molar-refractivity contribution in [3.63, 3.8) is 0 Å². The molecule has 16 heavy (non-hydrogen) atoms. The minimum absolute atomic E-state index is 0.0896. The molecule has 0 N–H and O–H groups in total. The van der Waals surface area contributed by atoms with E-state index in [-0.39, 0.29) is 11.8 Å². The normalized spacial score (nSPS) is 16.0. The highest BCUT2D eigenvalue weighted by Crippen LogP contribution is 2.29. The molecule has 0 radical (unpaired) electrons. The summed E-state index contributed by atoms with van der Waals surface area (Å²) in [6.45, 7) is 4.06. The Morgan fingerprint density at radius 2 is 1.69 bits per heavy atom. The van der Waals surface area contributed by atoms with E-state index in [9.17, 15) is 9.59 Å². The summed E-state index contributed by atoms with van der Waals surface area (Å²) in [6, 6.07) is 5.94. The third-order valence-electron chi connectivity index (χ3n) is 2.68. The summed E-state index contributed by atoms with van der Waals surface area (Å²) in [5.41, 5.74) is 2.38. The topological polar surface area (TPSA) is 37.4 Å². The van der Waals surface area contributed by atoms with Gasteiger partial charge in [0, 0.05) is 17.7 Å². The molecule has 4 heteroatoms. The van der Waals surface area contributed by atoms with Gasteiger partial charge in [-0.3, -0.25) is 9.59 Å². The average Bonchev–Trinajstić information content (AvgIpc) is 2.55. The number of hydrogen-bond acceptors (Lipinski definition) is 3. The highest BCUT2D eigenvalue weighted by molar-refractivity contribution is 7.98. The maximum absolute atomic E-state index is 11.4. The van der Waals surface area contributed by atoms with Crippen LogP contribution in [0.25, 0.3) is 0 Å². The molecule has 1 fully saturated rings. The van der Waals surface area contributed by atoms with E-state index in [1.165, 1.54) is 27.4 Å². The van der Waals surface area contributed by atoms with Gasteiger partial charge in [-0.25, -0.2) is 4.31 Å². The fourth-order valence-corrected chi connectivity index (χ4v) is 2.49. The molecule has 1 aliphatic rings. The Morgan fingerprint density at radius 3 is 2.25 bits per heavy atom. The van der Waals surface area contributed by atoms with Gasteiger partial charge in [0.05, 0.1) is 0 Å². The van der Waals surface area contributed by atoms with E-state index in [1.54, 1.807) is 0 Å². The molecule has 0 aromatic heterocycles. The largest absolute Gasteiger partial charge is 0.273 e. The minimum atomic E-state index is -0.0896. The second-order valence-corrected chi connectivity index (χ2v) is 4.94. The maximum atomic E-state index is 11.4. The van der Waals surface area contributed by atoms with Gasteiger partial charge in [-0.2, -0.15) is 0 Å². The van der Waals surface area contributed by atoms with Crippen molar-refractivity contribution in [3.8, 4) is 0 Å². The molecule has 0 atom stereocenters. The number of rotatable bonds is 2. The highest BCUT2D eigenvalue weighted by Gasteiger charge is 2.29. The number of benzene rings is 1. The van der Waals surface area contributed by atoms with E-state index < -0.39 is 0 Å². The second kappa shape index (κ2) is 4.29. The van der Waals surface area contributed by atoms with Gasteiger partial charge in [0.1, 0.15) is 0 Å². The summed E-state index contributed by atoms with van der Waals surface area (Å²) in [5, 5.41) is 0. The molecular formula is C12H13NO2S. The van der Waals surface area contributed by atoms with Crippen LogP contribution in [0.3, 0.4) is 0 Å². The summed E-state index contributed by atoms with van der Waals surface area (Å²) >= 11 is 1.22. The summed E-state index contributed by atoms with van der Waals surface area (Å²) in [6.07, 6.45) is 0.688. The van der Waals surface area contributed by atoms with Gasteiger partial charge in [-0.15, -0.1) is 0 Å². The van der Waals surface area contributed by atoms with Crippen LogP contribution in [0.2, 0.25) is 0 Å². The molecule has 3 nitrogen and oxygen atoms in total. The number of hydrogen-bond donors (Lipinski definition) is 0. The van der Waals surface area contributed by atoms with E-state index in [2.05, 4.69) is 0 Å². The van der Waals surface area contributed by atoms with Crippen LogP contribution in [0.5, 0.6) is 0 Å². The first-order valence-corrected chi connectivity index (χ1v) is 5.96. The summed E-state index contributed by atoms with van der Waals surface area (Å²) in [5.74, 6) is -0.179. The van der Waals surface area contributed by atoms with Crippen LogP contribution in [0, 0.1) is 13.8 Å². The third-order valence-corrected chi connectivity index (χ3v) is 3.74. The molecule has 0 spiro atoms. The number of imide groups is 1. The van der Waals surface area contributed by atoms with E-state index in [0.717, 1.165) is 4.90 Å². The molecule has 1 saturated heterocycles. The molecule has 0 aliphatic carbocycles. The van der Waals surface area contributed by atoms with Crippen molar-refractivity contribution in [2.45, 2.75) is 31.6 Å². The predicted molar refractivity (Wildman–Crippen MR) is 62.9 cm³/mol. The summed E-state index contributed by atoms with van der Waals surface area (Å²) in [7, 11) is 0.